The summed E-state index contributed by atoms with van der Waals surface area (Å²) in [6, 6.07) is 7.91. The Morgan fingerprint density at radius 2 is 1.94 bits per heavy atom. The molecule has 0 spiro atoms. The SMILES string of the molecule is COc1cccc(-c2ccc[nH]c2=O)c1F. The van der Waals surface area contributed by atoms with Gasteiger partial charge in [-0.2, -0.15) is 0 Å². The number of hydrogen-bond acceptors (Lipinski definition) is 2. The smallest absolute Gasteiger partial charge is 0.255 e. The van der Waals surface area contributed by atoms with Crippen LogP contribution < -0.4 is 10.3 Å². The summed E-state index contributed by atoms with van der Waals surface area (Å²) in [6.07, 6.45) is 1.50. The van der Waals surface area contributed by atoms with Gasteiger partial charge in [0.25, 0.3) is 5.56 Å². The van der Waals surface area contributed by atoms with E-state index in [1.165, 1.54) is 19.4 Å². The number of aromatic nitrogens is 1. The van der Waals surface area contributed by atoms with Crippen molar-refractivity contribution in [1.29, 1.82) is 0 Å². The van der Waals surface area contributed by atoms with Crippen molar-refractivity contribution in [3.05, 3.63) is 52.7 Å². The fourth-order valence-electron chi connectivity index (χ4n) is 1.51. The van der Waals surface area contributed by atoms with Crippen molar-refractivity contribution in [2.45, 2.75) is 0 Å². The average molecular weight is 219 g/mol. The Labute approximate surface area is 91.5 Å². The molecule has 1 heterocycles. The van der Waals surface area contributed by atoms with E-state index in [1.54, 1.807) is 24.3 Å². The Hall–Kier alpha value is -2.10. The molecule has 0 radical (unpaired) electrons. The maximum absolute atomic E-state index is 13.9. The first-order chi connectivity index (χ1) is 7.74. The molecule has 0 atom stereocenters. The first kappa shape index (κ1) is 10.4. The van der Waals surface area contributed by atoms with Crippen molar-refractivity contribution in [1.82, 2.24) is 4.98 Å². The van der Waals surface area contributed by atoms with Gasteiger partial charge in [0.05, 0.1) is 12.7 Å². The van der Waals surface area contributed by atoms with Crippen LogP contribution in [0.1, 0.15) is 0 Å². The monoisotopic (exact) mass is 219 g/mol. The standard InChI is InChI=1S/C12H10FNO2/c1-16-10-6-2-4-8(11(10)13)9-5-3-7-14-12(9)15/h2-7H,1H3,(H,14,15). The Morgan fingerprint density at radius 3 is 2.62 bits per heavy atom. The Balaban J connectivity index is 2.66. The number of ether oxygens (including phenoxy) is 1. The van der Waals surface area contributed by atoms with Crippen molar-refractivity contribution >= 4 is 0 Å². The van der Waals surface area contributed by atoms with E-state index in [4.69, 9.17) is 4.74 Å². The van der Waals surface area contributed by atoms with E-state index in [0.29, 0.717) is 5.56 Å². The van der Waals surface area contributed by atoms with E-state index in [1.807, 2.05) is 0 Å². The predicted molar refractivity (Wildman–Crippen MR) is 59.0 cm³/mol. The van der Waals surface area contributed by atoms with Crippen LogP contribution >= 0.6 is 0 Å². The van der Waals surface area contributed by atoms with E-state index in [2.05, 4.69) is 4.98 Å². The summed E-state index contributed by atoms with van der Waals surface area (Å²) in [6.45, 7) is 0. The fraction of sp³-hybridized carbons (Fsp3) is 0.0833. The van der Waals surface area contributed by atoms with Gasteiger partial charge in [0.2, 0.25) is 0 Å². The van der Waals surface area contributed by atoms with Gasteiger partial charge in [0, 0.05) is 11.8 Å². The summed E-state index contributed by atoms with van der Waals surface area (Å²) in [4.78, 5) is 14.0. The van der Waals surface area contributed by atoms with Gasteiger partial charge in [0.1, 0.15) is 0 Å². The minimum atomic E-state index is -0.526. The molecule has 1 aromatic heterocycles. The van der Waals surface area contributed by atoms with Gasteiger partial charge in [-0.1, -0.05) is 12.1 Å². The zero-order chi connectivity index (χ0) is 11.5. The van der Waals surface area contributed by atoms with E-state index in [-0.39, 0.29) is 16.9 Å². The molecule has 82 valence electrons. The molecule has 0 amide bonds. The minimum absolute atomic E-state index is 0.126. The highest BCUT2D eigenvalue weighted by atomic mass is 19.1. The lowest BCUT2D eigenvalue weighted by molar-refractivity contribution is 0.387. The topological polar surface area (TPSA) is 42.1 Å². The van der Waals surface area contributed by atoms with E-state index in [0.717, 1.165) is 0 Å². The lowest BCUT2D eigenvalue weighted by Crippen LogP contribution is -2.08. The van der Waals surface area contributed by atoms with Crippen LogP contribution in [0.2, 0.25) is 0 Å². The van der Waals surface area contributed by atoms with Crippen LogP contribution in [0.25, 0.3) is 11.1 Å². The maximum Gasteiger partial charge on any atom is 0.255 e. The predicted octanol–water partition coefficient (Wildman–Crippen LogP) is 2.19. The second kappa shape index (κ2) is 4.18. The van der Waals surface area contributed by atoms with Gasteiger partial charge in [-0.15, -0.1) is 0 Å². The highest BCUT2D eigenvalue weighted by Crippen LogP contribution is 2.26. The number of halogens is 1. The minimum Gasteiger partial charge on any atom is -0.494 e. The van der Waals surface area contributed by atoms with E-state index < -0.39 is 5.82 Å². The summed E-state index contributed by atoms with van der Waals surface area (Å²) in [5.74, 6) is -0.401. The van der Waals surface area contributed by atoms with Crippen molar-refractivity contribution in [3.63, 3.8) is 0 Å². The van der Waals surface area contributed by atoms with Crippen LogP contribution in [-0.4, -0.2) is 12.1 Å². The third-order valence-electron chi connectivity index (χ3n) is 2.29. The second-order valence-electron chi connectivity index (χ2n) is 3.23. The number of methoxy groups -OCH3 is 1. The number of pyridine rings is 1. The largest absolute Gasteiger partial charge is 0.494 e. The third kappa shape index (κ3) is 1.69. The van der Waals surface area contributed by atoms with Crippen LogP contribution in [-0.2, 0) is 0 Å². The molecule has 0 bridgehead atoms. The molecule has 0 saturated carbocycles. The molecule has 2 rings (SSSR count). The summed E-state index contributed by atoms with van der Waals surface area (Å²) >= 11 is 0. The molecule has 4 heteroatoms. The molecule has 0 fully saturated rings. The van der Waals surface area contributed by atoms with Crippen molar-refractivity contribution < 1.29 is 9.13 Å². The van der Waals surface area contributed by atoms with Crippen LogP contribution in [0, 0.1) is 5.82 Å². The van der Waals surface area contributed by atoms with Gasteiger partial charge in [0.15, 0.2) is 11.6 Å². The lowest BCUT2D eigenvalue weighted by atomic mass is 10.1. The number of aromatic amines is 1. The maximum atomic E-state index is 13.9. The number of H-pyrrole nitrogens is 1. The molecular formula is C12H10FNO2. The first-order valence-electron chi connectivity index (χ1n) is 4.74. The van der Waals surface area contributed by atoms with E-state index in [9.17, 15) is 9.18 Å². The van der Waals surface area contributed by atoms with Crippen molar-refractivity contribution in [2.24, 2.45) is 0 Å². The summed E-state index contributed by atoms with van der Waals surface area (Å²) in [7, 11) is 1.39. The van der Waals surface area contributed by atoms with Crippen LogP contribution in [0.3, 0.4) is 0 Å². The highest BCUT2D eigenvalue weighted by molar-refractivity contribution is 5.64. The van der Waals surface area contributed by atoms with Gasteiger partial charge in [-0.25, -0.2) is 4.39 Å². The molecule has 2 aromatic rings. The normalized spacial score (nSPS) is 10.1. The average Bonchev–Trinajstić information content (AvgIpc) is 2.31. The number of hydrogen-bond donors (Lipinski definition) is 1. The number of rotatable bonds is 2. The molecule has 1 aromatic carbocycles. The third-order valence-corrected chi connectivity index (χ3v) is 2.29. The highest BCUT2D eigenvalue weighted by Gasteiger charge is 2.12. The van der Waals surface area contributed by atoms with Crippen LogP contribution in [0.15, 0.2) is 41.3 Å². The van der Waals surface area contributed by atoms with Gasteiger partial charge in [-0.3, -0.25) is 4.79 Å². The molecular weight excluding hydrogens is 209 g/mol. The summed E-state index contributed by atoms with van der Waals surface area (Å²) in [5, 5.41) is 0. The molecule has 0 aliphatic heterocycles. The second-order valence-corrected chi connectivity index (χ2v) is 3.23. The van der Waals surface area contributed by atoms with Gasteiger partial charge in [-0.05, 0) is 18.2 Å². The molecule has 1 N–H and O–H groups in total. The zero-order valence-corrected chi connectivity index (χ0v) is 8.66. The number of benzene rings is 1. The van der Waals surface area contributed by atoms with Crippen LogP contribution in [0.4, 0.5) is 4.39 Å². The summed E-state index contributed by atoms with van der Waals surface area (Å²) < 4.78 is 18.7. The molecule has 0 unspecified atom stereocenters. The number of nitrogens with one attached hydrogen (secondary N) is 1. The molecule has 0 aliphatic carbocycles. The van der Waals surface area contributed by atoms with Crippen molar-refractivity contribution in [2.75, 3.05) is 7.11 Å². The molecule has 16 heavy (non-hydrogen) atoms. The van der Waals surface area contributed by atoms with Crippen LogP contribution in [0.5, 0.6) is 5.75 Å². The first-order valence-corrected chi connectivity index (χ1v) is 4.74. The Morgan fingerprint density at radius 1 is 1.19 bits per heavy atom. The van der Waals surface area contributed by atoms with Gasteiger partial charge < -0.3 is 9.72 Å². The molecule has 0 aliphatic rings. The molecule has 0 saturated heterocycles. The summed E-state index contributed by atoms with van der Waals surface area (Å²) in [5.41, 5.74) is 0.203. The molecule has 3 nitrogen and oxygen atoms in total. The van der Waals surface area contributed by atoms with E-state index >= 15 is 0 Å². The lowest BCUT2D eigenvalue weighted by Gasteiger charge is -2.06. The van der Waals surface area contributed by atoms with Crippen molar-refractivity contribution in [3.8, 4) is 16.9 Å². The Kier molecular flexibility index (Phi) is 2.72. The fourth-order valence-corrected chi connectivity index (χ4v) is 1.51. The zero-order valence-electron chi connectivity index (χ0n) is 8.66. The quantitative estimate of drug-likeness (QED) is 0.841. The Bertz CT molecular complexity index is 563. The van der Waals surface area contributed by atoms with Gasteiger partial charge >= 0.3 is 0 Å².